The maximum absolute atomic E-state index is 5.89. The average molecular weight is 384 g/mol. The molecule has 140 valence electrons. The van der Waals surface area contributed by atoms with Crippen molar-refractivity contribution in [2.75, 3.05) is 7.11 Å². The number of halogens is 1. The summed E-state index contributed by atoms with van der Waals surface area (Å²) < 4.78 is 11.4. The second-order valence-electron chi connectivity index (χ2n) is 6.40. The number of quaternary nitrogens is 1. The molecule has 0 spiro atoms. The fourth-order valence-corrected chi connectivity index (χ4v) is 2.93. The maximum Gasteiger partial charge on any atom is 0.161 e. The molecule has 0 saturated carbocycles. The van der Waals surface area contributed by atoms with E-state index in [1.165, 1.54) is 11.1 Å². The number of nitrogens with zero attached hydrogens (tertiary/aromatic N) is 1. The van der Waals surface area contributed by atoms with Gasteiger partial charge in [-0.25, -0.2) is 4.98 Å². The molecule has 4 nitrogen and oxygen atoms in total. The smallest absolute Gasteiger partial charge is 0.161 e. The van der Waals surface area contributed by atoms with Crippen LogP contribution in [0.15, 0.2) is 66.9 Å². The van der Waals surface area contributed by atoms with E-state index in [0.29, 0.717) is 23.6 Å². The third-order valence-corrected chi connectivity index (χ3v) is 4.67. The number of rotatable bonds is 8. The van der Waals surface area contributed by atoms with Crippen molar-refractivity contribution in [1.29, 1.82) is 0 Å². The van der Waals surface area contributed by atoms with E-state index in [1.807, 2.05) is 24.3 Å². The Hall–Kier alpha value is -2.56. The first kappa shape index (κ1) is 19.2. The highest BCUT2D eigenvalue weighted by molar-refractivity contribution is 6.29. The molecule has 0 radical (unpaired) electrons. The summed E-state index contributed by atoms with van der Waals surface area (Å²) in [7, 11) is 1.66. The molecule has 3 aromatic rings. The quantitative estimate of drug-likeness (QED) is 0.594. The summed E-state index contributed by atoms with van der Waals surface area (Å²) in [5.74, 6) is 1.45. The molecule has 1 aromatic heterocycles. The summed E-state index contributed by atoms with van der Waals surface area (Å²) in [4.78, 5) is 4.06. The van der Waals surface area contributed by atoms with Gasteiger partial charge in [-0.05, 0) is 31.2 Å². The summed E-state index contributed by atoms with van der Waals surface area (Å²) in [6.45, 7) is 3.50. The highest BCUT2D eigenvalue weighted by Gasteiger charge is 2.11. The summed E-state index contributed by atoms with van der Waals surface area (Å²) in [6, 6.07) is 20.6. The number of ether oxygens (including phenoxy) is 2. The highest BCUT2D eigenvalue weighted by atomic mass is 35.5. The molecule has 1 atom stereocenters. The van der Waals surface area contributed by atoms with Gasteiger partial charge in [-0.15, -0.1) is 0 Å². The first-order chi connectivity index (χ1) is 13.2. The zero-order chi connectivity index (χ0) is 19.1. The maximum atomic E-state index is 5.89. The van der Waals surface area contributed by atoms with E-state index in [-0.39, 0.29) is 0 Å². The minimum Gasteiger partial charge on any atom is -0.493 e. The van der Waals surface area contributed by atoms with Gasteiger partial charge in [0.15, 0.2) is 11.5 Å². The first-order valence-corrected chi connectivity index (χ1v) is 9.32. The first-order valence-electron chi connectivity index (χ1n) is 8.94. The fraction of sp³-hybridized carbons (Fsp3) is 0.227. The SMILES string of the molecule is COc1cc(C[NH2+][C@@H](C)c2ccccc2)ccc1OCc1ccc(Cl)nc1. The van der Waals surface area contributed by atoms with Crippen LogP contribution in [-0.2, 0) is 13.2 Å². The van der Waals surface area contributed by atoms with Crippen LogP contribution < -0.4 is 14.8 Å². The predicted molar refractivity (Wildman–Crippen MR) is 107 cm³/mol. The number of benzene rings is 2. The lowest BCUT2D eigenvalue weighted by molar-refractivity contribution is -0.707. The molecule has 0 amide bonds. The van der Waals surface area contributed by atoms with E-state index in [4.69, 9.17) is 21.1 Å². The van der Waals surface area contributed by atoms with Crippen molar-refractivity contribution >= 4 is 11.6 Å². The van der Waals surface area contributed by atoms with Gasteiger partial charge in [-0.2, -0.15) is 0 Å². The number of pyridine rings is 1. The molecule has 0 aliphatic heterocycles. The highest BCUT2D eigenvalue weighted by Crippen LogP contribution is 2.28. The number of hydrogen-bond donors (Lipinski definition) is 1. The van der Waals surface area contributed by atoms with Gasteiger partial charge >= 0.3 is 0 Å². The van der Waals surface area contributed by atoms with E-state index < -0.39 is 0 Å². The van der Waals surface area contributed by atoms with Crippen LogP contribution in [0.3, 0.4) is 0 Å². The van der Waals surface area contributed by atoms with Crippen molar-refractivity contribution in [3.8, 4) is 11.5 Å². The van der Waals surface area contributed by atoms with Gasteiger partial charge in [0.1, 0.15) is 24.3 Å². The molecule has 2 aromatic carbocycles. The molecule has 3 rings (SSSR count). The minimum atomic E-state index is 0.394. The van der Waals surface area contributed by atoms with Gasteiger partial charge in [0.2, 0.25) is 0 Å². The Balaban J connectivity index is 1.60. The second-order valence-corrected chi connectivity index (χ2v) is 6.79. The zero-order valence-electron chi connectivity index (χ0n) is 15.6. The van der Waals surface area contributed by atoms with Gasteiger partial charge in [0, 0.05) is 22.9 Å². The largest absolute Gasteiger partial charge is 0.493 e. The lowest BCUT2D eigenvalue weighted by Crippen LogP contribution is -2.83. The van der Waals surface area contributed by atoms with Crippen molar-refractivity contribution in [1.82, 2.24) is 4.98 Å². The van der Waals surface area contributed by atoms with Crippen LogP contribution in [0, 0.1) is 0 Å². The number of methoxy groups -OCH3 is 1. The Morgan fingerprint density at radius 3 is 2.48 bits per heavy atom. The number of nitrogens with two attached hydrogens (primary N) is 1. The third kappa shape index (κ3) is 5.46. The average Bonchev–Trinajstić information content (AvgIpc) is 2.72. The number of hydrogen-bond acceptors (Lipinski definition) is 3. The van der Waals surface area contributed by atoms with Crippen molar-refractivity contribution < 1.29 is 14.8 Å². The summed E-state index contributed by atoms with van der Waals surface area (Å²) >= 11 is 5.81. The van der Waals surface area contributed by atoms with Gasteiger partial charge in [-0.1, -0.05) is 48.0 Å². The Morgan fingerprint density at radius 1 is 1.00 bits per heavy atom. The number of aromatic nitrogens is 1. The van der Waals surface area contributed by atoms with Crippen molar-refractivity contribution in [2.45, 2.75) is 26.1 Å². The second kappa shape index (κ2) is 9.40. The van der Waals surface area contributed by atoms with E-state index in [2.05, 4.69) is 47.6 Å². The molecule has 1 heterocycles. The van der Waals surface area contributed by atoms with Gasteiger partial charge in [-0.3, -0.25) is 0 Å². The van der Waals surface area contributed by atoms with Crippen LogP contribution in [0.4, 0.5) is 0 Å². The van der Waals surface area contributed by atoms with Crippen LogP contribution in [0.25, 0.3) is 0 Å². The van der Waals surface area contributed by atoms with Crippen molar-refractivity contribution in [3.05, 3.63) is 88.7 Å². The van der Waals surface area contributed by atoms with Crippen molar-refractivity contribution in [3.63, 3.8) is 0 Å². The predicted octanol–water partition coefficient (Wildman–Crippen LogP) is 4.15. The van der Waals surface area contributed by atoms with E-state index >= 15 is 0 Å². The van der Waals surface area contributed by atoms with Crippen LogP contribution in [0.1, 0.15) is 29.7 Å². The van der Waals surface area contributed by atoms with Gasteiger partial charge in [0.05, 0.1) is 7.11 Å². The summed E-state index contributed by atoms with van der Waals surface area (Å²) in [5, 5.41) is 2.78. The Labute approximate surface area is 165 Å². The lowest BCUT2D eigenvalue weighted by Gasteiger charge is -2.14. The van der Waals surface area contributed by atoms with Crippen LogP contribution in [-0.4, -0.2) is 12.1 Å². The standard InChI is InChI=1S/C22H23ClN2O2/c1-16(19-6-4-3-5-7-19)24-13-17-8-10-20(21(12-17)26-2)27-15-18-9-11-22(23)25-14-18/h3-12,14,16,24H,13,15H2,1-2H3/p+1/t16-/m0/s1. The van der Waals surface area contributed by atoms with E-state index in [0.717, 1.165) is 17.9 Å². The Kier molecular flexibility index (Phi) is 6.69. The molecule has 0 fully saturated rings. The van der Waals surface area contributed by atoms with Gasteiger partial charge < -0.3 is 14.8 Å². The monoisotopic (exact) mass is 383 g/mol. The topological polar surface area (TPSA) is 48.0 Å². The molecule has 0 aliphatic carbocycles. The summed E-state index contributed by atoms with van der Waals surface area (Å²) in [6.07, 6.45) is 1.71. The van der Waals surface area contributed by atoms with Gasteiger partial charge in [0.25, 0.3) is 0 Å². The molecule has 27 heavy (non-hydrogen) atoms. The van der Waals surface area contributed by atoms with Crippen LogP contribution in [0.5, 0.6) is 11.5 Å². The van der Waals surface area contributed by atoms with E-state index in [9.17, 15) is 0 Å². The summed E-state index contributed by atoms with van der Waals surface area (Å²) in [5.41, 5.74) is 3.46. The molecule has 0 aliphatic rings. The molecule has 5 heteroatoms. The molecular weight excluding hydrogens is 360 g/mol. The Bertz CT molecular complexity index is 854. The minimum absolute atomic E-state index is 0.394. The van der Waals surface area contributed by atoms with Crippen molar-refractivity contribution in [2.24, 2.45) is 0 Å². The molecular formula is C22H24ClN2O2+. The zero-order valence-corrected chi connectivity index (χ0v) is 16.3. The normalized spacial score (nSPS) is 11.8. The molecule has 0 unspecified atom stereocenters. The fourth-order valence-electron chi connectivity index (χ4n) is 2.82. The molecule has 0 saturated heterocycles. The van der Waals surface area contributed by atoms with Crippen LogP contribution in [0.2, 0.25) is 5.15 Å². The van der Waals surface area contributed by atoms with Crippen LogP contribution >= 0.6 is 11.6 Å². The lowest BCUT2D eigenvalue weighted by atomic mass is 10.1. The van der Waals surface area contributed by atoms with E-state index in [1.54, 1.807) is 19.4 Å². The molecule has 2 N–H and O–H groups in total. The molecule has 0 bridgehead atoms. The Morgan fingerprint density at radius 2 is 1.78 bits per heavy atom. The third-order valence-electron chi connectivity index (χ3n) is 4.44.